The smallest absolute Gasteiger partial charge is 0.191 e. The molecule has 3 heterocycles. The monoisotopic (exact) mass is 432 g/mol. The van der Waals surface area contributed by atoms with Crippen molar-refractivity contribution in [3.8, 4) is 11.3 Å². The van der Waals surface area contributed by atoms with E-state index in [0.29, 0.717) is 13.1 Å². The Labute approximate surface area is 180 Å². The molecule has 8 heteroatoms. The molecule has 1 fully saturated rings. The fourth-order valence-electron chi connectivity index (χ4n) is 3.56. The number of ether oxygens (including phenoxy) is 1. The summed E-state index contributed by atoms with van der Waals surface area (Å²) in [6, 6.07) is 11.7. The van der Waals surface area contributed by atoms with E-state index in [4.69, 9.17) is 20.8 Å². The van der Waals surface area contributed by atoms with Gasteiger partial charge in [0.15, 0.2) is 5.16 Å². The molecule has 0 unspecified atom stereocenters. The zero-order valence-corrected chi connectivity index (χ0v) is 18.2. The molecular formula is C21H25ClN4O2S. The molecule has 0 amide bonds. The second kappa shape index (κ2) is 9.34. The van der Waals surface area contributed by atoms with Crippen LogP contribution in [-0.4, -0.2) is 45.7 Å². The number of furan rings is 1. The highest BCUT2D eigenvalue weighted by atomic mass is 35.5. The lowest BCUT2D eigenvalue weighted by Gasteiger charge is -2.18. The van der Waals surface area contributed by atoms with E-state index < -0.39 is 0 Å². The Morgan fingerprint density at radius 2 is 2.00 bits per heavy atom. The average Bonchev–Trinajstić information content (AvgIpc) is 3.46. The zero-order valence-electron chi connectivity index (χ0n) is 16.7. The van der Waals surface area contributed by atoms with E-state index in [-0.39, 0.29) is 6.10 Å². The number of benzene rings is 1. The van der Waals surface area contributed by atoms with Gasteiger partial charge >= 0.3 is 0 Å². The molecule has 29 heavy (non-hydrogen) atoms. The lowest BCUT2D eigenvalue weighted by Crippen LogP contribution is -2.23. The Morgan fingerprint density at radius 1 is 1.17 bits per heavy atom. The minimum absolute atomic E-state index is 0.257. The van der Waals surface area contributed by atoms with Crippen LogP contribution in [0.3, 0.4) is 0 Å². The Hall–Kier alpha value is -1.80. The molecule has 0 bridgehead atoms. The van der Waals surface area contributed by atoms with Crippen molar-refractivity contribution in [1.29, 1.82) is 0 Å². The van der Waals surface area contributed by atoms with Crippen LogP contribution in [0.1, 0.15) is 24.4 Å². The molecule has 4 rings (SSSR count). The first kappa shape index (κ1) is 20.5. The van der Waals surface area contributed by atoms with E-state index in [1.165, 1.54) is 0 Å². The first-order chi connectivity index (χ1) is 14.1. The van der Waals surface area contributed by atoms with Crippen molar-refractivity contribution in [2.75, 3.05) is 19.9 Å². The Balaban J connectivity index is 1.41. The van der Waals surface area contributed by atoms with Crippen LogP contribution in [0.2, 0.25) is 5.02 Å². The van der Waals surface area contributed by atoms with Gasteiger partial charge in [0.2, 0.25) is 0 Å². The van der Waals surface area contributed by atoms with Gasteiger partial charge < -0.3 is 13.7 Å². The Kier molecular flexibility index (Phi) is 6.60. The van der Waals surface area contributed by atoms with Crippen LogP contribution < -0.4 is 0 Å². The van der Waals surface area contributed by atoms with Gasteiger partial charge in [-0.1, -0.05) is 23.4 Å². The van der Waals surface area contributed by atoms with Crippen LogP contribution in [0.5, 0.6) is 0 Å². The predicted molar refractivity (Wildman–Crippen MR) is 115 cm³/mol. The highest BCUT2D eigenvalue weighted by molar-refractivity contribution is 7.98. The molecule has 0 saturated carbocycles. The van der Waals surface area contributed by atoms with Crippen LogP contribution in [0.15, 0.2) is 46.0 Å². The van der Waals surface area contributed by atoms with Crippen LogP contribution in [-0.2, 0) is 24.4 Å². The summed E-state index contributed by atoms with van der Waals surface area (Å²) in [4.78, 5) is 2.19. The standard InChI is InChI=1S/C21H25ClN4O2S/c1-25(12-18-9-10-19(28-18)15-5-7-16(22)8-6-15)14-20-23-24-21(29-2)26(20)13-17-4-3-11-27-17/h5-10,17H,3-4,11-14H2,1-2H3/t17-/m0/s1. The number of halogens is 1. The van der Waals surface area contributed by atoms with Crippen molar-refractivity contribution in [3.63, 3.8) is 0 Å². The molecule has 0 radical (unpaired) electrons. The van der Waals surface area contributed by atoms with Gasteiger partial charge in [0.25, 0.3) is 0 Å². The van der Waals surface area contributed by atoms with E-state index in [1.54, 1.807) is 11.8 Å². The Bertz CT molecular complexity index is 935. The average molecular weight is 433 g/mol. The number of nitrogens with zero attached hydrogens (tertiary/aromatic N) is 4. The highest BCUT2D eigenvalue weighted by Crippen LogP contribution is 2.25. The summed E-state index contributed by atoms with van der Waals surface area (Å²) in [7, 11) is 2.06. The van der Waals surface area contributed by atoms with Gasteiger partial charge in [0.05, 0.1) is 25.7 Å². The van der Waals surface area contributed by atoms with E-state index in [2.05, 4.69) is 26.7 Å². The van der Waals surface area contributed by atoms with Crippen LogP contribution in [0, 0.1) is 0 Å². The molecule has 0 N–H and O–H groups in total. The number of thioether (sulfide) groups is 1. The van der Waals surface area contributed by atoms with Crippen molar-refractivity contribution >= 4 is 23.4 Å². The normalized spacial score (nSPS) is 16.8. The Morgan fingerprint density at radius 3 is 2.72 bits per heavy atom. The summed E-state index contributed by atoms with van der Waals surface area (Å²) >= 11 is 7.59. The second-order valence-electron chi connectivity index (χ2n) is 7.29. The molecule has 3 aromatic rings. The summed E-state index contributed by atoms with van der Waals surface area (Å²) in [5.74, 6) is 2.71. The maximum Gasteiger partial charge on any atom is 0.191 e. The molecule has 0 aliphatic carbocycles. The molecular weight excluding hydrogens is 408 g/mol. The van der Waals surface area contributed by atoms with Gasteiger partial charge in [-0.2, -0.15) is 0 Å². The third kappa shape index (κ3) is 5.04. The van der Waals surface area contributed by atoms with Crippen molar-refractivity contribution < 1.29 is 9.15 Å². The SMILES string of the molecule is CSc1nnc(CN(C)Cc2ccc(-c3ccc(Cl)cc3)o2)n1C[C@@H]1CCCO1. The number of aromatic nitrogens is 3. The fraction of sp³-hybridized carbons (Fsp3) is 0.429. The summed E-state index contributed by atoms with van der Waals surface area (Å²) in [6.45, 7) is 3.05. The number of rotatable bonds is 8. The van der Waals surface area contributed by atoms with Gasteiger partial charge in [-0.3, -0.25) is 4.90 Å². The van der Waals surface area contributed by atoms with Crippen molar-refractivity contribution in [3.05, 3.63) is 53.0 Å². The van der Waals surface area contributed by atoms with Gasteiger partial charge in [-0.25, -0.2) is 0 Å². The maximum absolute atomic E-state index is 6.03. The zero-order chi connectivity index (χ0) is 20.2. The van der Waals surface area contributed by atoms with E-state index >= 15 is 0 Å². The largest absolute Gasteiger partial charge is 0.460 e. The van der Waals surface area contributed by atoms with Crippen LogP contribution in [0.25, 0.3) is 11.3 Å². The maximum atomic E-state index is 6.03. The molecule has 1 aliphatic rings. The van der Waals surface area contributed by atoms with Crippen molar-refractivity contribution in [2.24, 2.45) is 0 Å². The first-order valence-electron chi connectivity index (χ1n) is 9.73. The van der Waals surface area contributed by atoms with Gasteiger partial charge in [-0.05, 0) is 62.5 Å². The van der Waals surface area contributed by atoms with Gasteiger partial charge in [0, 0.05) is 17.2 Å². The van der Waals surface area contributed by atoms with Crippen molar-refractivity contribution in [2.45, 2.75) is 43.7 Å². The highest BCUT2D eigenvalue weighted by Gasteiger charge is 2.21. The fourth-order valence-corrected chi connectivity index (χ4v) is 4.21. The molecule has 1 atom stereocenters. The minimum Gasteiger partial charge on any atom is -0.460 e. The van der Waals surface area contributed by atoms with E-state index in [1.807, 2.05) is 42.7 Å². The first-order valence-corrected chi connectivity index (χ1v) is 11.3. The van der Waals surface area contributed by atoms with E-state index in [0.717, 1.165) is 59.1 Å². The molecule has 2 aromatic heterocycles. The summed E-state index contributed by atoms with van der Waals surface area (Å²) in [6.07, 6.45) is 4.52. The number of hydrogen-bond donors (Lipinski definition) is 0. The minimum atomic E-state index is 0.257. The van der Waals surface area contributed by atoms with Gasteiger partial charge in [-0.15, -0.1) is 10.2 Å². The molecule has 1 aliphatic heterocycles. The topological polar surface area (TPSA) is 56.3 Å². The number of hydrogen-bond acceptors (Lipinski definition) is 6. The molecule has 1 saturated heterocycles. The third-order valence-corrected chi connectivity index (χ3v) is 5.93. The van der Waals surface area contributed by atoms with Crippen LogP contribution >= 0.6 is 23.4 Å². The third-order valence-electron chi connectivity index (χ3n) is 5.01. The second-order valence-corrected chi connectivity index (χ2v) is 8.50. The van der Waals surface area contributed by atoms with Gasteiger partial charge in [0.1, 0.15) is 17.3 Å². The van der Waals surface area contributed by atoms with Crippen molar-refractivity contribution in [1.82, 2.24) is 19.7 Å². The quantitative estimate of drug-likeness (QED) is 0.480. The predicted octanol–water partition coefficient (Wildman–Crippen LogP) is 4.72. The molecule has 0 spiro atoms. The summed E-state index contributed by atoms with van der Waals surface area (Å²) in [5, 5.41) is 10.4. The summed E-state index contributed by atoms with van der Waals surface area (Å²) < 4.78 is 14.0. The van der Waals surface area contributed by atoms with Crippen LogP contribution in [0.4, 0.5) is 0 Å². The lowest BCUT2D eigenvalue weighted by atomic mass is 10.2. The van der Waals surface area contributed by atoms with E-state index in [9.17, 15) is 0 Å². The summed E-state index contributed by atoms with van der Waals surface area (Å²) in [5.41, 5.74) is 1.02. The molecule has 1 aromatic carbocycles. The molecule has 154 valence electrons. The molecule has 6 nitrogen and oxygen atoms in total. The lowest BCUT2D eigenvalue weighted by molar-refractivity contribution is 0.0934.